The van der Waals surface area contributed by atoms with Crippen molar-refractivity contribution in [3.8, 4) is 28.4 Å². The maximum absolute atomic E-state index is 12.8. The number of hydrogen-bond donors (Lipinski definition) is 0. The van der Waals surface area contributed by atoms with E-state index in [-0.39, 0.29) is 5.43 Å². The number of halogens is 1. The summed E-state index contributed by atoms with van der Waals surface area (Å²) in [5, 5.41) is 1.23. The quantitative estimate of drug-likeness (QED) is 0.574. The first-order valence-electron chi connectivity index (χ1n) is 7.64. The highest BCUT2D eigenvalue weighted by atomic mass is 79.9. The van der Waals surface area contributed by atoms with Crippen LogP contribution < -0.4 is 19.6 Å². The SMILES string of the molecule is COc1ccc(-c2coc3cc(OCCBr)ccc3c2=O)cc1OC. The third kappa shape index (κ3) is 3.49. The Morgan fingerprint density at radius 1 is 1.04 bits per heavy atom. The van der Waals surface area contributed by atoms with Crippen LogP contribution in [0, 0.1) is 0 Å². The fourth-order valence-electron chi connectivity index (χ4n) is 2.56. The summed E-state index contributed by atoms with van der Waals surface area (Å²) in [5.41, 5.74) is 1.54. The molecule has 3 aromatic rings. The van der Waals surface area contributed by atoms with Gasteiger partial charge in [-0.2, -0.15) is 0 Å². The lowest BCUT2D eigenvalue weighted by Crippen LogP contribution is -2.05. The standard InChI is InChI=1S/C19H17BrO5/c1-22-16-6-3-12(9-18(16)23-2)15-11-25-17-10-13(24-8-7-20)4-5-14(17)19(15)21/h3-6,9-11H,7-8H2,1-2H3. The van der Waals surface area contributed by atoms with Crippen molar-refractivity contribution in [1.82, 2.24) is 0 Å². The van der Waals surface area contributed by atoms with Crippen LogP contribution in [-0.2, 0) is 0 Å². The number of alkyl halides is 1. The maximum Gasteiger partial charge on any atom is 0.200 e. The first-order chi connectivity index (χ1) is 12.2. The summed E-state index contributed by atoms with van der Waals surface area (Å²) in [6.07, 6.45) is 1.46. The molecule has 1 aromatic heterocycles. The first-order valence-corrected chi connectivity index (χ1v) is 8.76. The zero-order chi connectivity index (χ0) is 17.8. The third-order valence-corrected chi connectivity index (χ3v) is 4.11. The van der Waals surface area contributed by atoms with E-state index < -0.39 is 0 Å². The van der Waals surface area contributed by atoms with E-state index in [4.69, 9.17) is 18.6 Å². The Hall–Kier alpha value is -2.47. The molecule has 3 rings (SSSR count). The second-order valence-corrected chi connectivity index (χ2v) is 6.04. The molecule has 0 fully saturated rings. The van der Waals surface area contributed by atoms with Crippen LogP contribution in [0.3, 0.4) is 0 Å². The molecule has 0 N–H and O–H groups in total. The predicted molar refractivity (Wildman–Crippen MR) is 100 cm³/mol. The molecule has 130 valence electrons. The number of rotatable bonds is 6. The second-order valence-electron chi connectivity index (χ2n) is 5.24. The molecule has 25 heavy (non-hydrogen) atoms. The van der Waals surface area contributed by atoms with Gasteiger partial charge in [0.15, 0.2) is 16.9 Å². The summed E-state index contributed by atoms with van der Waals surface area (Å²) in [5.74, 6) is 1.82. The predicted octanol–water partition coefficient (Wildman–Crippen LogP) is 4.25. The molecule has 0 bridgehead atoms. The summed E-state index contributed by atoms with van der Waals surface area (Å²) in [6, 6.07) is 10.5. The Morgan fingerprint density at radius 3 is 2.56 bits per heavy atom. The molecule has 0 unspecified atom stereocenters. The van der Waals surface area contributed by atoms with E-state index >= 15 is 0 Å². The number of hydrogen-bond acceptors (Lipinski definition) is 5. The maximum atomic E-state index is 12.8. The van der Waals surface area contributed by atoms with Crippen molar-refractivity contribution >= 4 is 26.9 Å². The lowest BCUT2D eigenvalue weighted by atomic mass is 10.0. The number of benzene rings is 2. The van der Waals surface area contributed by atoms with Crippen molar-refractivity contribution in [2.45, 2.75) is 0 Å². The summed E-state index contributed by atoms with van der Waals surface area (Å²) in [4.78, 5) is 12.8. The summed E-state index contributed by atoms with van der Waals surface area (Å²) in [6.45, 7) is 0.541. The minimum atomic E-state index is -0.111. The van der Waals surface area contributed by atoms with E-state index in [1.54, 1.807) is 50.6 Å². The minimum absolute atomic E-state index is 0.111. The molecule has 2 aromatic carbocycles. The van der Waals surface area contributed by atoms with Gasteiger partial charge >= 0.3 is 0 Å². The van der Waals surface area contributed by atoms with E-state index in [0.717, 1.165) is 5.33 Å². The van der Waals surface area contributed by atoms with Gasteiger partial charge in [0.25, 0.3) is 0 Å². The van der Waals surface area contributed by atoms with Gasteiger partial charge in [-0.25, -0.2) is 0 Å². The number of ether oxygens (including phenoxy) is 3. The van der Waals surface area contributed by atoms with Crippen molar-refractivity contribution in [3.63, 3.8) is 0 Å². The monoisotopic (exact) mass is 404 g/mol. The summed E-state index contributed by atoms with van der Waals surface area (Å²) >= 11 is 3.31. The van der Waals surface area contributed by atoms with E-state index in [2.05, 4.69) is 15.9 Å². The van der Waals surface area contributed by atoms with Crippen LogP contribution >= 0.6 is 15.9 Å². The highest BCUT2D eigenvalue weighted by Crippen LogP contribution is 2.32. The Kier molecular flexibility index (Phi) is 5.28. The number of fused-ring (bicyclic) bond motifs is 1. The molecule has 0 aliphatic carbocycles. The van der Waals surface area contributed by atoms with Crippen molar-refractivity contribution in [2.75, 3.05) is 26.2 Å². The van der Waals surface area contributed by atoms with Gasteiger partial charge in [0.1, 0.15) is 17.6 Å². The average molecular weight is 405 g/mol. The molecule has 0 spiro atoms. The van der Waals surface area contributed by atoms with Crippen LogP contribution in [-0.4, -0.2) is 26.2 Å². The largest absolute Gasteiger partial charge is 0.493 e. The molecule has 0 amide bonds. The Morgan fingerprint density at radius 2 is 1.84 bits per heavy atom. The van der Waals surface area contributed by atoms with E-state index in [1.165, 1.54) is 6.26 Å². The Bertz CT molecular complexity index is 948. The first kappa shape index (κ1) is 17.4. The molecule has 0 atom stereocenters. The molecular formula is C19H17BrO5. The normalized spacial score (nSPS) is 10.7. The van der Waals surface area contributed by atoms with E-state index in [1.807, 2.05) is 0 Å². The zero-order valence-corrected chi connectivity index (χ0v) is 15.5. The Balaban J connectivity index is 2.06. The highest BCUT2D eigenvalue weighted by Gasteiger charge is 2.13. The summed E-state index contributed by atoms with van der Waals surface area (Å²) in [7, 11) is 3.12. The summed E-state index contributed by atoms with van der Waals surface area (Å²) < 4.78 is 21.7. The van der Waals surface area contributed by atoms with Crippen LogP contribution in [0.1, 0.15) is 0 Å². The molecule has 0 saturated carbocycles. The molecule has 0 aliphatic rings. The van der Waals surface area contributed by atoms with E-state index in [0.29, 0.717) is 46.0 Å². The average Bonchev–Trinajstić information content (AvgIpc) is 2.66. The van der Waals surface area contributed by atoms with Crippen LogP contribution in [0.4, 0.5) is 0 Å². The van der Waals surface area contributed by atoms with Gasteiger partial charge in [-0.05, 0) is 29.8 Å². The van der Waals surface area contributed by atoms with Crippen molar-refractivity contribution in [1.29, 1.82) is 0 Å². The van der Waals surface area contributed by atoms with Gasteiger partial charge in [-0.1, -0.05) is 22.0 Å². The van der Waals surface area contributed by atoms with Crippen LogP contribution in [0.5, 0.6) is 17.2 Å². The van der Waals surface area contributed by atoms with Crippen molar-refractivity contribution < 1.29 is 18.6 Å². The van der Waals surface area contributed by atoms with Gasteiger partial charge in [-0.3, -0.25) is 4.79 Å². The van der Waals surface area contributed by atoms with Gasteiger partial charge in [0, 0.05) is 11.4 Å². The fourth-order valence-corrected chi connectivity index (χ4v) is 2.72. The molecule has 6 heteroatoms. The third-order valence-electron chi connectivity index (χ3n) is 3.79. The molecule has 5 nitrogen and oxygen atoms in total. The lowest BCUT2D eigenvalue weighted by molar-refractivity contribution is 0.345. The van der Waals surface area contributed by atoms with Crippen molar-refractivity contribution in [3.05, 3.63) is 52.9 Å². The van der Waals surface area contributed by atoms with Crippen LogP contribution in [0.2, 0.25) is 0 Å². The fraction of sp³-hybridized carbons (Fsp3) is 0.211. The van der Waals surface area contributed by atoms with Crippen LogP contribution in [0.15, 0.2) is 51.9 Å². The second kappa shape index (κ2) is 7.61. The smallest absolute Gasteiger partial charge is 0.200 e. The number of methoxy groups -OCH3 is 2. The molecule has 1 heterocycles. The highest BCUT2D eigenvalue weighted by molar-refractivity contribution is 9.09. The molecular weight excluding hydrogens is 388 g/mol. The van der Waals surface area contributed by atoms with E-state index in [9.17, 15) is 4.79 Å². The van der Waals surface area contributed by atoms with Crippen LogP contribution in [0.25, 0.3) is 22.1 Å². The van der Waals surface area contributed by atoms with Gasteiger partial charge in [0.2, 0.25) is 0 Å². The zero-order valence-electron chi connectivity index (χ0n) is 13.9. The Labute approximate surface area is 153 Å². The van der Waals surface area contributed by atoms with Gasteiger partial charge in [-0.15, -0.1) is 0 Å². The molecule has 0 aliphatic heterocycles. The van der Waals surface area contributed by atoms with Gasteiger partial charge in [0.05, 0.1) is 31.8 Å². The van der Waals surface area contributed by atoms with Crippen molar-refractivity contribution in [2.24, 2.45) is 0 Å². The minimum Gasteiger partial charge on any atom is -0.493 e. The topological polar surface area (TPSA) is 57.9 Å². The molecule has 0 saturated heterocycles. The lowest BCUT2D eigenvalue weighted by Gasteiger charge is -2.10. The van der Waals surface area contributed by atoms with Gasteiger partial charge < -0.3 is 18.6 Å². The molecule has 0 radical (unpaired) electrons.